The Morgan fingerprint density at radius 3 is 2.92 bits per heavy atom. The number of guanidine groups is 1. The van der Waals surface area contributed by atoms with Crippen LogP contribution in [0.2, 0.25) is 0 Å². The van der Waals surface area contributed by atoms with E-state index in [0.717, 1.165) is 17.5 Å². The topological polar surface area (TPSA) is 57.4 Å². The average Bonchev–Trinajstić information content (AvgIpc) is 2.84. The lowest BCUT2D eigenvalue weighted by Crippen LogP contribution is -2.25. The van der Waals surface area contributed by atoms with Crippen molar-refractivity contribution in [3.8, 4) is 0 Å². The highest BCUT2D eigenvalue weighted by Crippen LogP contribution is 2.27. The van der Waals surface area contributed by atoms with Crippen LogP contribution in [0.15, 0.2) is 51.5 Å². The molecule has 4 rings (SSSR count). The van der Waals surface area contributed by atoms with Crippen molar-refractivity contribution >= 4 is 23.9 Å². The van der Waals surface area contributed by atoms with Gasteiger partial charge in [0.2, 0.25) is 11.9 Å². The van der Waals surface area contributed by atoms with Gasteiger partial charge in [0.15, 0.2) is 5.84 Å². The summed E-state index contributed by atoms with van der Waals surface area (Å²) in [6.45, 7) is 0.679. The molecule has 0 radical (unpaired) electrons. The lowest BCUT2D eigenvalue weighted by Gasteiger charge is -2.20. The fourth-order valence-corrected chi connectivity index (χ4v) is 3.89. The van der Waals surface area contributed by atoms with E-state index in [1.165, 1.54) is 32.1 Å². The number of hydrogen-bond donors (Lipinski definition) is 0. The molecule has 5 heteroatoms. The summed E-state index contributed by atoms with van der Waals surface area (Å²) in [4.78, 5) is 27.8. The second kappa shape index (κ2) is 7.77. The first-order valence-corrected chi connectivity index (χ1v) is 9.55. The quantitative estimate of drug-likeness (QED) is 0.826. The second-order valence-corrected chi connectivity index (χ2v) is 7.19. The number of carbonyl (C=O) groups is 1. The standard InChI is InChI=1S/C21H24N4O/c26-19(12-11-16-7-2-1-3-8-16)23-20-18-10-5-4-9-17(18)15-25-14-6-13-22-21(25)24-20/h4-6,9-10,13-14,16H,1-3,7-8,11-12,15H2. The van der Waals surface area contributed by atoms with E-state index >= 15 is 0 Å². The van der Waals surface area contributed by atoms with Gasteiger partial charge in [-0.25, -0.2) is 4.99 Å². The highest BCUT2D eigenvalue weighted by atomic mass is 16.1. The molecule has 1 aromatic carbocycles. The Labute approximate surface area is 154 Å². The van der Waals surface area contributed by atoms with E-state index in [1.807, 2.05) is 35.4 Å². The average molecular weight is 348 g/mol. The molecule has 0 unspecified atom stereocenters. The van der Waals surface area contributed by atoms with Crippen molar-refractivity contribution in [1.29, 1.82) is 0 Å². The summed E-state index contributed by atoms with van der Waals surface area (Å²) in [5, 5.41) is 0. The van der Waals surface area contributed by atoms with Gasteiger partial charge in [0.25, 0.3) is 0 Å². The number of rotatable bonds is 3. The molecule has 3 aliphatic rings. The molecule has 5 nitrogen and oxygen atoms in total. The van der Waals surface area contributed by atoms with E-state index in [-0.39, 0.29) is 5.91 Å². The number of fused-ring (bicyclic) bond motifs is 2. The maximum atomic E-state index is 12.5. The van der Waals surface area contributed by atoms with Gasteiger partial charge in [0.05, 0.1) is 6.54 Å². The summed E-state index contributed by atoms with van der Waals surface area (Å²) >= 11 is 0. The number of carbonyl (C=O) groups excluding carboxylic acids is 1. The molecule has 0 spiro atoms. The van der Waals surface area contributed by atoms with E-state index in [4.69, 9.17) is 0 Å². The van der Waals surface area contributed by atoms with Crippen molar-refractivity contribution < 1.29 is 4.79 Å². The number of amidine groups is 1. The number of hydrogen-bond acceptors (Lipinski definition) is 3. The molecule has 0 saturated heterocycles. The summed E-state index contributed by atoms with van der Waals surface area (Å²) in [6.07, 6.45) is 13.5. The van der Waals surface area contributed by atoms with Gasteiger partial charge in [-0.15, -0.1) is 0 Å². The van der Waals surface area contributed by atoms with Crippen LogP contribution in [-0.2, 0) is 11.3 Å². The molecule has 0 bridgehead atoms. The Morgan fingerprint density at radius 1 is 1.19 bits per heavy atom. The largest absolute Gasteiger partial charge is 0.313 e. The molecule has 1 aromatic rings. The first kappa shape index (κ1) is 16.9. The Bertz CT molecular complexity index is 800. The molecule has 2 aliphatic heterocycles. The van der Waals surface area contributed by atoms with Crippen LogP contribution in [-0.4, -0.2) is 28.8 Å². The van der Waals surface area contributed by atoms with Crippen LogP contribution in [0.3, 0.4) is 0 Å². The fourth-order valence-electron chi connectivity index (χ4n) is 3.89. The number of aliphatic imine (C=N–C) groups is 3. The third kappa shape index (κ3) is 3.82. The molecule has 0 atom stereocenters. The van der Waals surface area contributed by atoms with Crippen LogP contribution in [0, 0.1) is 5.92 Å². The minimum absolute atomic E-state index is 0.0755. The summed E-state index contributed by atoms with van der Waals surface area (Å²) in [6, 6.07) is 8.01. The molecule has 1 fully saturated rings. The predicted molar refractivity (Wildman–Crippen MR) is 104 cm³/mol. The second-order valence-electron chi connectivity index (χ2n) is 7.19. The molecular weight excluding hydrogens is 324 g/mol. The lowest BCUT2D eigenvalue weighted by atomic mass is 9.86. The highest BCUT2D eigenvalue weighted by Gasteiger charge is 2.22. The Hall–Kier alpha value is -2.56. The zero-order chi connectivity index (χ0) is 17.8. The highest BCUT2D eigenvalue weighted by molar-refractivity contribution is 6.13. The van der Waals surface area contributed by atoms with Crippen molar-refractivity contribution in [2.75, 3.05) is 0 Å². The zero-order valence-corrected chi connectivity index (χ0v) is 15.0. The van der Waals surface area contributed by atoms with Gasteiger partial charge in [-0.05, 0) is 24.0 Å². The molecule has 1 amide bonds. The molecule has 1 aliphatic carbocycles. The Balaban J connectivity index is 1.56. The van der Waals surface area contributed by atoms with Gasteiger partial charge in [-0.1, -0.05) is 56.4 Å². The van der Waals surface area contributed by atoms with Gasteiger partial charge < -0.3 is 4.90 Å². The number of allylic oxidation sites excluding steroid dienone is 1. The van der Waals surface area contributed by atoms with Crippen LogP contribution in [0.4, 0.5) is 0 Å². The number of benzene rings is 1. The SMILES string of the molecule is O=C(CCC1CCCCC1)N=C1N=C2N=CC=CN2Cc2ccccc21. The first-order valence-electron chi connectivity index (χ1n) is 9.55. The lowest BCUT2D eigenvalue weighted by molar-refractivity contribution is -0.118. The summed E-state index contributed by atoms with van der Waals surface area (Å²) in [5.74, 6) is 1.68. The van der Waals surface area contributed by atoms with Crippen molar-refractivity contribution in [3.63, 3.8) is 0 Å². The fraction of sp³-hybridized carbons (Fsp3) is 0.429. The molecule has 1 saturated carbocycles. The van der Waals surface area contributed by atoms with Gasteiger partial charge >= 0.3 is 0 Å². The maximum Gasteiger partial charge on any atom is 0.247 e. The molecule has 0 N–H and O–H groups in total. The normalized spacial score (nSPS) is 21.2. The van der Waals surface area contributed by atoms with Gasteiger partial charge in [-0.2, -0.15) is 9.98 Å². The smallest absolute Gasteiger partial charge is 0.247 e. The van der Waals surface area contributed by atoms with Gasteiger partial charge in [0.1, 0.15) is 0 Å². The van der Waals surface area contributed by atoms with E-state index in [9.17, 15) is 4.79 Å². The van der Waals surface area contributed by atoms with E-state index in [0.29, 0.717) is 30.7 Å². The summed E-state index contributed by atoms with van der Waals surface area (Å²) in [5.41, 5.74) is 2.02. The molecule has 2 heterocycles. The minimum atomic E-state index is -0.0755. The number of amides is 1. The molecule has 0 aromatic heterocycles. The summed E-state index contributed by atoms with van der Waals surface area (Å²) < 4.78 is 0. The van der Waals surface area contributed by atoms with Crippen LogP contribution in [0.1, 0.15) is 56.1 Å². The van der Waals surface area contributed by atoms with Crippen LogP contribution in [0.5, 0.6) is 0 Å². The summed E-state index contributed by atoms with van der Waals surface area (Å²) in [7, 11) is 0. The number of nitrogens with zero attached hydrogens (tertiary/aromatic N) is 4. The van der Waals surface area contributed by atoms with Crippen molar-refractivity contribution in [2.24, 2.45) is 20.9 Å². The van der Waals surface area contributed by atoms with E-state index in [1.54, 1.807) is 6.21 Å². The van der Waals surface area contributed by atoms with Crippen LogP contribution in [0.25, 0.3) is 0 Å². The Kier molecular flexibility index (Phi) is 5.04. The van der Waals surface area contributed by atoms with E-state index < -0.39 is 0 Å². The van der Waals surface area contributed by atoms with Crippen LogP contribution < -0.4 is 0 Å². The zero-order valence-electron chi connectivity index (χ0n) is 15.0. The molecular formula is C21H24N4O. The molecule has 26 heavy (non-hydrogen) atoms. The van der Waals surface area contributed by atoms with Crippen molar-refractivity contribution in [1.82, 2.24) is 4.90 Å². The minimum Gasteiger partial charge on any atom is -0.313 e. The molecule has 134 valence electrons. The van der Waals surface area contributed by atoms with Gasteiger partial charge in [-0.3, -0.25) is 4.79 Å². The first-order chi connectivity index (χ1) is 12.8. The third-order valence-corrected chi connectivity index (χ3v) is 5.33. The predicted octanol–water partition coefficient (Wildman–Crippen LogP) is 4.09. The van der Waals surface area contributed by atoms with E-state index in [2.05, 4.69) is 21.0 Å². The maximum absolute atomic E-state index is 12.5. The Morgan fingerprint density at radius 2 is 2.04 bits per heavy atom. The van der Waals surface area contributed by atoms with Crippen LogP contribution >= 0.6 is 0 Å². The van der Waals surface area contributed by atoms with Crippen molar-refractivity contribution in [3.05, 3.63) is 47.7 Å². The third-order valence-electron chi connectivity index (χ3n) is 5.33. The van der Waals surface area contributed by atoms with Gasteiger partial charge in [0, 0.05) is 24.4 Å². The van der Waals surface area contributed by atoms with Crippen molar-refractivity contribution in [2.45, 2.75) is 51.5 Å². The monoisotopic (exact) mass is 348 g/mol.